The second-order valence-corrected chi connectivity index (χ2v) is 6.64. The maximum absolute atomic E-state index is 12.2. The molecule has 29 heavy (non-hydrogen) atoms. The van der Waals surface area contributed by atoms with Gasteiger partial charge in [0.2, 0.25) is 4.77 Å². The molecule has 3 rings (SSSR count). The van der Waals surface area contributed by atoms with E-state index in [4.69, 9.17) is 21.7 Å². The lowest BCUT2D eigenvalue weighted by Gasteiger charge is -2.04. The maximum Gasteiger partial charge on any atom is 0.340 e. The summed E-state index contributed by atoms with van der Waals surface area (Å²) < 4.78 is 12.5. The minimum atomic E-state index is -0.353. The molecule has 0 aliphatic rings. The van der Waals surface area contributed by atoms with Crippen molar-refractivity contribution in [3.8, 4) is 17.1 Å². The van der Waals surface area contributed by atoms with Gasteiger partial charge in [-0.25, -0.2) is 9.89 Å². The van der Waals surface area contributed by atoms with Crippen LogP contribution < -0.4 is 4.74 Å². The van der Waals surface area contributed by atoms with Crippen molar-refractivity contribution in [2.45, 2.75) is 27.7 Å². The zero-order valence-electron chi connectivity index (χ0n) is 16.8. The number of aromatic nitrogens is 4. The number of carbonyl (C=O) groups excluding carboxylic acids is 1. The summed E-state index contributed by atoms with van der Waals surface area (Å²) in [4.78, 5) is 15.3. The molecular formula is C20H23N5O3S. The van der Waals surface area contributed by atoms with E-state index < -0.39 is 0 Å². The fourth-order valence-electron chi connectivity index (χ4n) is 2.98. The van der Waals surface area contributed by atoms with Crippen LogP contribution in [-0.2, 0) is 4.74 Å². The molecule has 9 heteroatoms. The van der Waals surface area contributed by atoms with E-state index in [9.17, 15) is 4.79 Å². The molecule has 152 valence electrons. The first-order chi connectivity index (χ1) is 14.0. The van der Waals surface area contributed by atoms with Gasteiger partial charge in [0.25, 0.3) is 0 Å². The van der Waals surface area contributed by atoms with Crippen LogP contribution in [0.15, 0.2) is 29.4 Å². The van der Waals surface area contributed by atoms with Crippen molar-refractivity contribution in [1.29, 1.82) is 0 Å². The van der Waals surface area contributed by atoms with Gasteiger partial charge < -0.3 is 14.5 Å². The van der Waals surface area contributed by atoms with Crippen LogP contribution in [0.5, 0.6) is 5.75 Å². The molecule has 0 spiro atoms. The van der Waals surface area contributed by atoms with Crippen LogP contribution in [0.4, 0.5) is 0 Å². The Labute approximate surface area is 173 Å². The highest BCUT2D eigenvalue weighted by atomic mass is 32.1. The van der Waals surface area contributed by atoms with Crippen LogP contribution in [0.1, 0.15) is 41.2 Å². The summed E-state index contributed by atoms with van der Waals surface area (Å²) in [7, 11) is 0. The number of nitrogens with zero attached hydrogens (tertiary/aromatic N) is 3. The van der Waals surface area contributed by atoms with Crippen molar-refractivity contribution < 1.29 is 14.3 Å². The number of aryl methyl sites for hydroxylation is 1. The quantitative estimate of drug-likeness (QED) is 0.346. The Bertz CT molecular complexity index is 1090. The summed E-state index contributed by atoms with van der Waals surface area (Å²) in [6.45, 7) is 8.31. The highest BCUT2D eigenvalue weighted by molar-refractivity contribution is 7.71. The smallest absolute Gasteiger partial charge is 0.340 e. The highest BCUT2D eigenvalue weighted by Gasteiger charge is 2.18. The average Bonchev–Trinajstić information content (AvgIpc) is 3.20. The lowest BCUT2D eigenvalue weighted by atomic mass is 10.1. The van der Waals surface area contributed by atoms with E-state index >= 15 is 0 Å². The van der Waals surface area contributed by atoms with E-state index in [0.717, 1.165) is 22.6 Å². The Balaban J connectivity index is 1.93. The Morgan fingerprint density at radius 1 is 1.24 bits per heavy atom. The standard InChI is InChI=1S/C20H23N5O3S/c1-5-27-15-9-7-14(8-10-15)18-23-24-20(29)25(18)21-11-16-12(3)17(13(4)22-16)19(26)28-6-2/h7-11,22H,5-6H2,1-4H3,(H,24,29)/b21-11+. The lowest BCUT2D eigenvalue weighted by Crippen LogP contribution is -2.06. The number of H-pyrrole nitrogens is 2. The summed E-state index contributed by atoms with van der Waals surface area (Å²) >= 11 is 5.32. The minimum absolute atomic E-state index is 0.321. The molecule has 1 aromatic carbocycles. The zero-order valence-corrected chi connectivity index (χ0v) is 17.6. The van der Waals surface area contributed by atoms with Gasteiger partial charge in [0.05, 0.1) is 30.7 Å². The fourth-order valence-corrected chi connectivity index (χ4v) is 3.16. The Hall–Kier alpha value is -3.20. The van der Waals surface area contributed by atoms with Crippen LogP contribution in [0.25, 0.3) is 11.4 Å². The SMILES string of the molecule is CCOC(=O)c1c(C)[nH]c(/C=N/n2c(-c3ccc(OCC)cc3)n[nH]c2=S)c1C. The molecule has 2 heterocycles. The van der Waals surface area contributed by atoms with Gasteiger partial charge in [-0.1, -0.05) is 0 Å². The van der Waals surface area contributed by atoms with Crippen molar-refractivity contribution in [1.82, 2.24) is 19.9 Å². The zero-order chi connectivity index (χ0) is 21.0. The Morgan fingerprint density at radius 3 is 2.62 bits per heavy atom. The van der Waals surface area contributed by atoms with Crippen molar-refractivity contribution >= 4 is 24.4 Å². The van der Waals surface area contributed by atoms with Gasteiger partial charge in [-0.2, -0.15) is 14.9 Å². The molecule has 0 aliphatic heterocycles. The van der Waals surface area contributed by atoms with Gasteiger partial charge in [-0.15, -0.1) is 0 Å². The molecule has 0 fully saturated rings. The first-order valence-corrected chi connectivity index (χ1v) is 9.68. The molecule has 0 unspecified atom stereocenters. The van der Waals surface area contributed by atoms with Crippen LogP contribution >= 0.6 is 12.2 Å². The molecular weight excluding hydrogens is 390 g/mol. The second kappa shape index (κ2) is 8.87. The van der Waals surface area contributed by atoms with Crippen molar-refractivity contribution in [2.24, 2.45) is 5.10 Å². The fraction of sp³-hybridized carbons (Fsp3) is 0.300. The molecule has 0 saturated heterocycles. The summed E-state index contributed by atoms with van der Waals surface area (Å²) in [6.07, 6.45) is 1.62. The van der Waals surface area contributed by atoms with Crippen LogP contribution in [-0.4, -0.2) is 45.3 Å². The first-order valence-electron chi connectivity index (χ1n) is 9.27. The third-order valence-corrected chi connectivity index (χ3v) is 4.60. The van der Waals surface area contributed by atoms with Crippen LogP contribution in [0.2, 0.25) is 0 Å². The summed E-state index contributed by atoms with van der Waals surface area (Å²) in [6, 6.07) is 7.53. The Kier molecular flexibility index (Phi) is 6.28. The van der Waals surface area contributed by atoms with Crippen molar-refractivity contribution in [2.75, 3.05) is 13.2 Å². The highest BCUT2D eigenvalue weighted by Crippen LogP contribution is 2.22. The van der Waals surface area contributed by atoms with E-state index in [1.54, 1.807) is 13.1 Å². The summed E-state index contributed by atoms with van der Waals surface area (Å²) in [5.41, 5.74) is 3.55. The van der Waals surface area contributed by atoms with Gasteiger partial charge in [0.1, 0.15) is 5.75 Å². The molecule has 2 aromatic heterocycles. The van der Waals surface area contributed by atoms with Crippen LogP contribution in [0.3, 0.4) is 0 Å². The number of aromatic amines is 2. The molecule has 0 bridgehead atoms. The third-order valence-electron chi connectivity index (χ3n) is 4.33. The van der Waals surface area contributed by atoms with E-state index in [-0.39, 0.29) is 5.97 Å². The number of hydrogen-bond donors (Lipinski definition) is 2. The minimum Gasteiger partial charge on any atom is -0.494 e. The largest absolute Gasteiger partial charge is 0.494 e. The Morgan fingerprint density at radius 2 is 1.97 bits per heavy atom. The average molecular weight is 414 g/mol. The molecule has 0 saturated carbocycles. The van der Waals surface area contributed by atoms with E-state index in [2.05, 4.69) is 20.3 Å². The molecule has 3 aromatic rings. The summed E-state index contributed by atoms with van der Waals surface area (Å²) in [5.74, 6) is 0.999. The van der Waals surface area contributed by atoms with Crippen molar-refractivity contribution in [3.05, 3.63) is 51.6 Å². The lowest BCUT2D eigenvalue weighted by molar-refractivity contribution is 0.0525. The van der Waals surface area contributed by atoms with E-state index in [1.807, 2.05) is 45.0 Å². The maximum atomic E-state index is 12.2. The number of rotatable bonds is 7. The predicted molar refractivity (Wildman–Crippen MR) is 113 cm³/mol. The van der Waals surface area contributed by atoms with Gasteiger partial charge in [-0.05, 0) is 69.7 Å². The first kappa shape index (κ1) is 20.5. The van der Waals surface area contributed by atoms with E-state index in [0.29, 0.717) is 35.1 Å². The van der Waals surface area contributed by atoms with Crippen molar-refractivity contribution in [3.63, 3.8) is 0 Å². The van der Waals surface area contributed by atoms with Gasteiger partial charge in [0.15, 0.2) is 5.82 Å². The number of esters is 1. The topological polar surface area (TPSA) is 97.3 Å². The monoisotopic (exact) mass is 413 g/mol. The molecule has 0 amide bonds. The molecule has 0 aliphatic carbocycles. The third kappa shape index (κ3) is 4.29. The number of hydrogen-bond acceptors (Lipinski definition) is 6. The second-order valence-electron chi connectivity index (χ2n) is 6.25. The molecule has 0 atom stereocenters. The van der Waals surface area contributed by atoms with Gasteiger partial charge in [0, 0.05) is 11.3 Å². The number of benzene rings is 1. The van der Waals surface area contributed by atoms with Crippen LogP contribution in [0, 0.1) is 18.6 Å². The van der Waals surface area contributed by atoms with Gasteiger partial charge >= 0.3 is 5.97 Å². The number of ether oxygens (including phenoxy) is 2. The number of carbonyl (C=O) groups is 1. The molecule has 0 radical (unpaired) electrons. The van der Waals surface area contributed by atoms with Gasteiger partial charge in [-0.3, -0.25) is 0 Å². The predicted octanol–water partition coefficient (Wildman–Crippen LogP) is 4.01. The molecule has 8 nitrogen and oxygen atoms in total. The summed E-state index contributed by atoms with van der Waals surface area (Å²) in [5, 5.41) is 11.5. The number of nitrogens with one attached hydrogen (secondary N) is 2. The molecule has 2 N–H and O–H groups in total. The van der Waals surface area contributed by atoms with E-state index in [1.165, 1.54) is 4.68 Å². The normalized spacial score (nSPS) is 11.2.